The number of fused-ring (bicyclic) bond motifs is 3. The van der Waals surface area contributed by atoms with Gasteiger partial charge in [-0.25, -0.2) is 4.98 Å². The molecule has 1 amide bonds. The molecular formula is C24H13ClN2O. The van der Waals surface area contributed by atoms with Crippen LogP contribution >= 0.6 is 11.6 Å². The highest BCUT2D eigenvalue weighted by Crippen LogP contribution is 2.45. The van der Waals surface area contributed by atoms with Gasteiger partial charge in [0.05, 0.1) is 28.0 Å². The van der Waals surface area contributed by atoms with Gasteiger partial charge in [-0.2, -0.15) is 0 Å². The Morgan fingerprint density at radius 1 is 0.750 bits per heavy atom. The number of halogens is 1. The molecule has 6 rings (SSSR count). The van der Waals surface area contributed by atoms with E-state index in [4.69, 9.17) is 16.6 Å². The van der Waals surface area contributed by atoms with Crippen LogP contribution in [-0.4, -0.2) is 10.9 Å². The molecule has 0 spiro atoms. The Morgan fingerprint density at radius 2 is 1.54 bits per heavy atom. The number of hydrogen-bond donors (Lipinski definition) is 0. The van der Waals surface area contributed by atoms with E-state index in [-0.39, 0.29) is 5.91 Å². The van der Waals surface area contributed by atoms with Crippen LogP contribution in [0.2, 0.25) is 5.02 Å². The zero-order valence-electron chi connectivity index (χ0n) is 14.7. The molecule has 28 heavy (non-hydrogen) atoms. The molecule has 0 radical (unpaired) electrons. The molecule has 3 nitrogen and oxygen atoms in total. The molecule has 1 aliphatic heterocycles. The highest BCUT2D eigenvalue weighted by Gasteiger charge is 2.34. The minimum atomic E-state index is -0.0442. The first-order valence-electron chi connectivity index (χ1n) is 9.06. The van der Waals surface area contributed by atoms with E-state index in [1.807, 2.05) is 65.6 Å². The van der Waals surface area contributed by atoms with Gasteiger partial charge < -0.3 is 0 Å². The number of aromatic nitrogens is 1. The first-order chi connectivity index (χ1) is 13.7. The Hall–Kier alpha value is -3.43. The predicted octanol–water partition coefficient (Wildman–Crippen LogP) is 6.49. The number of benzene rings is 4. The van der Waals surface area contributed by atoms with Crippen molar-refractivity contribution in [3.63, 3.8) is 0 Å². The van der Waals surface area contributed by atoms with Crippen molar-refractivity contribution in [2.75, 3.05) is 4.90 Å². The number of rotatable bonds is 1. The van der Waals surface area contributed by atoms with Crippen LogP contribution in [0.15, 0.2) is 78.9 Å². The Kier molecular flexibility index (Phi) is 3.09. The van der Waals surface area contributed by atoms with Crippen molar-refractivity contribution in [2.45, 2.75) is 0 Å². The van der Waals surface area contributed by atoms with Crippen LogP contribution in [0.4, 0.5) is 11.4 Å². The lowest BCUT2D eigenvalue weighted by Gasteiger charge is -2.20. The Balaban J connectivity index is 1.73. The SMILES string of the molecule is O=C1c2c3cc(Cl)ccc3nc3cccc(c23)N1c1cccc2ccccc12. The molecule has 0 unspecified atom stereocenters. The fraction of sp³-hybridized carbons (Fsp3) is 0. The zero-order valence-corrected chi connectivity index (χ0v) is 15.4. The van der Waals surface area contributed by atoms with E-state index in [0.29, 0.717) is 10.6 Å². The first kappa shape index (κ1) is 15.6. The second-order valence-corrected chi connectivity index (χ2v) is 7.39. The summed E-state index contributed by atoms with van der Waals surface area (Å²) in [6.45, 7) is 0. The van der Waals surface area contributed by atoms with Gasteiger partial charge in [0.2, 0.25) is 0 Å². The van der Waals surface area contributed by atoms with Crippen molar-refractivity contribution < 1.29 is 4.79 Å². The summed E-state index contributed by atoms with van der Waals surface area (Å²) in [5, 5.41) is 4.41. The lowest BCUT2D eigenvalue weighted by molar-refractivity contribution is 0.101. The number of hydrogen-bond acceptors (Lipinski definition) is 2. The molecule has 1 aliphatic rings. The van der Waals surface area contributed by atoms with Crippen molar-refractivity contribution >= 4 is 61.5 Å². The number of nitrogens with zero attached hydrogens (tertiary/aromatic N) is 2. The quantitative estimate of drug-likeness (QED) is 0.311. The van der Waals surface area contributed by atoms with Crippen LogP contribution in [0, 0.1) is 0 Å². The van der Waals surface area contributed by atoms with Gasteiger partial charge in [0.1, 0.15) is 0 Å². The predicted molar refractivity (Wildman–Crippen MR) is 115 cm³/mol. The fourth-order valence-corrected chi connectivity index (χ4v) is 4.39. The third-order valence-corrected chi connectivity index (χ3v) is 5.64. The largest absolute Gasteiger partial charge is 0.276 e. The molecule has 5 aromatic rings. The van der Waals surface area contributed by atoms with Gasteiger partial charge in [0, 0.05) is 21.2 Å². The second-order valence-electron chi connectivity index (χ2n) is 6.96. The molecule has 1 aromatic heterocycles. The summed E-state index contributed by atoms with van der Waals surface area (Å²) in [5.41, 5.74) is 4.01. The van der Waals surface area contributed by atoms with Crippen molar-refractivity contribution in [1.82, 2.24) is 4.98 Å². The van der Waals surface area contributed by atoms with Crippen LogP contribution in [-0.2, 0) is 0 Å². The first-order valence-corrected chi connectivity index (χ1v) is 9.44. The van der Waals surface area contributed by atoms with Crippen LogP contribution in [0.1, 0.15) is 10.4 Å². The topological polar surface area (TPSA) is 33.2 Å². The van der Waals surface area contributed by atoms with Gasteiger partial charge in [0.25, 0.3) is 5.91 Å². The third kappa shape index (κ3) is 1.99. The monoisotopic (exact) mass is 380 g/mol. The summed E-state index contributed by atoms with van der Waals surface area (Å²) in [6.07, 6.45) is 0. The van der Waals surface area contributed by atoms with Crippen molar-refractivity contribution in [1.29, 1.82) is 0 Å². The fourth-order valence-electron chi connectivity index (χ4n) is 4.22. The van der Waals surface area contributed by atoms with Gasteiger partial charge >= 0.3 is 0 Å². The van der Waals surface area contributed by atoms with Gasteiger partial charge in [-0.15, -0.1) is 0 Å². The maximum atomic E-state index is 13.7. The molecule has 0 aliphatic carbocycles. The van der Waals surface area contributed by atoms with E-state index in [0.717, 1.165) is 44.0 Å². The van der Waals surface area contributed by atoms with Gasteiger partial charge in [0.15, 0.2) is 0 Å². The molecule has 132 valence electrons. The van der Waals surface area contributed by atoms with Crippen molar-refractivity contribution in [2.24, 2.45) is 0 Å². The van der Waals surface area contributed by atoms with Crippen LogP contribution in [0.5, 0.6) is 0 Å². The molecule has 0 bridgehead atoms. The van der Waals surface area contributed by atoms with Gasteiger partial charge in [-0.1, -0.05) is 54.1 Å². The number of carbonyl (C=O) groups is 1. The Labute approximate surface area is 165 Å². The van der Waals surface area contributed by atoms with E-state index in [1.165, 1.54) is 0 Å². The van der Waals surface area contributed by atoms with Crippen molar-refractivity contribution in [3.05, 3.63) is 89.4 Å². The van der Waals surface area contributed by atoms with E-state index in [1.54, 1.807) is 6.07 Å². The van der Waals surface area contributed by atoms with E-state index >= 15 is 0 Å². The molecule has 4 aromatic carbocycles. The Bertz CT molecular complexity index is 1450. The summed E-state index contributed by atoms with van der Waals surface area (Å²) in [6, 6.07) is 25.6. The molecule has 0 fully saturated rings. The van der Waals surface area contributed by atoms with E-state index in [9.17, 15) is 4.79 Å². The highest BCUT2D eigenvalue weighted by molar-refractivity contribution is 6.35. The molecule has 0 saturated carbocycles. The number of pyridine rings is 1. The summed E-state index contributed by atoms with van der Waals surface area (Å²) in [4.78, 5) is 20.3. The molecule has 2 heterocycles. The average molecular weight is 381 g/mol. The summed E-state index contributed by atoms with van der Waals surface area (Å²) < 4.78 is 0. The number of anilines is 2. The molecule has 0 atom stereocenters. The zero-order chi connectivity index (χ0) is 18.8. The number of carbonyl (C=O) groups excluding carboxylic acids is 1. The van der Waals surface area contributed by atoms with Crippen molar-refractivity contribution in [3.8, 4) is 0 Å². The summed E-state index contributed by atoms with van der Waals surface area (Å²) in [5.74, 6) is -0.0442. The van der Waals surface area contributed by atoms with Gasteiger partial charge in [-0.3, -0.25) is 9.69 Å². The summed E-state index contributed by atoms with van der Waals surface area (Å²) in [7, 11) is 0. The van der Waals surface area contributed by atoms with Gasteiger partial charge in [-0.05, 0) is 41.8 Å². The normalized spacial score (nSPS) is 13.2. The summed E-state index contributed by atoms with van der Waals surface area (Å²) >= 11 is 6.24. The smallest absolute Gasteiger partial charge is 0.264 e. The standard InChI is InChI=1S/C24H13ClN2O/c25-15-11-12-18-17(13-15)22-23-19(26-18)8-4-10-21(23)27(24(22)28)20-9-3-6-14-5-1-2-7-16(14)20/h1-13H. The molecule has 0 saturated heterocycles. The highest BCUT2D eigenvalue weighted by atomic mass is 35.5. The maximum absolute atomic E-state index is 13.7. The van der Waals surface area contributed by atoms with Crippen LogP contribution in [0.25, 0.3) is 32.6 Å². The maximum Gasteiger partial charge on any atom is 0.264 e. The van der Waals surface area contributed by atoms with Crippen LogP contribution < -0.4 is 4.90 Å². The van der Waals surface area contributed by atoms with E-state index in [2.05, 4.69) is 12.1 Å². The van der Waals surface area contributed by atoms with Crippen LogP contribution in [0.3, 0.4) is 0 Å². The minimum absolute atomic E-state index is 0.0442. The Morgan fingerprint density at radius 3 is 2.46 bits per heavy atom. The average Bonchev–Trinajstić information content (AvgIpc) is 3.02. The number of amides is 1. The minimum Gasteiger partial charge on any atom is -0.276 e. The lowest BCUT2D eigenvalue weighted by Crippen LogP contribution is -2.21. The second kappa shape index (κ2) is 5.54. The molecule has 4 heteroatoms. The molecular weight excluding hydrogens is 368 g/mol. The molecule has 0 N–H and O–H groups in total. The lowest BCUT2D eigenvalue weighted by atomic mass is 10.0. The third-order valence-electron chi connectivity index (χ3n) is 5.40. The van der Waals surface area contributed by atoms with E-state index < -0.39 is 0 Å².